The monoisotopic (exact) mass is 305 g/mol. The Hall–Kier alpha value is -2.29. The van der Waals surface area contributed by atoms with Crippen molar-refractivity contribution in [2.75, 3.05) is 17.7 Å². The Bertz CT molecular complexity index is 544. The lowest BCUT2D eigenvalue weighted by atomic mass is 10.0. The van der Waals surface area contributed by atoms with E-state index in [1.165, 1.54) is 24.3 Å². The van der Waals surface area contributed by atoms with E-state index in [0.717, 1.165) is 7.11 Å². The van der Waals surface area contributed by atoms with Gasteiger partial charge >= 0.3 is 12.3 Å². The molecule has 0 spiro atoms. The molecular formula is C12H14F3N3O3. The van der Waals surface area contributed by atoms with Crippen LogP contribution in [0, 0.1) is 0 Å². The highest BCUT2D eigenvalue weighted by molar-refractivity contribution is 5.99. The molecule has 1 unspecified atom stereocenters. The molecule has 0 radical (unpaired) electrons. The van der Waals surface area contributed by atoms with Crippen LogP contribution in [0.25, 0.3) is 0 Å². The molecule has 0 heterocycles. The van der Waals surface area contributed by atoms with E-state index in [4.69, 9.17) is 5.73 Å². The normalized spacial score (nSPS) is 14.0. The number of anilines is 2. The number of nitrogens with one attached hydrogen (secondary N) is 2. The van der Waals surface area contributed by atoms with Gasteiger partial charge in [0.2, 0.25) is 0 Å². The molecule has 0 fully saturated rings. The van der Waals surface area contributed by atoms with Gasteiger partial charge in [0.15, 0.2) is 5.54 Å². The minimum Gasteiger partial charge on any atom is -0.453 e. The summed E-state index contributed by atoms with van der Waals surface area (Å²) in [4.78, 5) is 22.6. The number of carbonyl (C=O) groups is 2. The first-order valence-corrected chi connectivity index (χ1v) is 5.70. The van der Waals surface area contributed by atoms with Crippen LogP contribution in [0.5, 0.6) is 0 Å². The van der Waals surface area contributed by atoms with Gasteiger partial charge in [-0.25, -0.2) is 4.79 Å². The third-order valence-corrected chi connectivity index (χ3v) is 2.61. The minimum atomic E-state index is -4.89. The lowest BCUT2D eigenvalue weighted by Gasteiger charge is -2.26. The average Bonchev–Trinajstić information content (AvgIpc) is 2.37. The van der Waals surface area contributed by atoms with E-state index in [0.29, 0.717) is 6.92 Å². The molecule has 4 N–H and O–H groups in total. The van der Waals surface area contributed by atoms with Crippen molar-refractivity contribution in [3.8, 4) is 0 Å². The zero-order valence-corrected chi connectivity index (χ0v) is 11.2. The molecule has 6 nitrogen and oxygen atoms in total. The van der Waals surface area contributed by atoms with Gasteiger partial charge in [-0.15, -0.1) is 0 Å². The maximum absolute atomic E-state index is 12.6. The zero-order chi connectivity index (χ0) is 16.3. The molecule has 1 rings (SSSR count). The van der Waals surface area contributed by atoms with Crippen LogP contribution in [0.1, 0.15) is 6.92 Å². The number of hydrogen-bond acceptors (Lipinski definition) is 4. The zero-order valence-electron chi connectivity index (χ0n) is 11.2. The number of methoxy groups -OCH3 is 1. The molecule has 116 valence electrons. The number of ether oxygens (including phenoxy) is 1. The molecule has 0 saturated carbocycles. The standard InChI is InChI=1S/C12H14F3N3O3/c1-11(16,12(13,14)15)9(19)17-7-4-3-5-8(6-7)18-10(20)21-2/h3-6H,16H2,1-2H3,(H,17,19)(H,18,20). The highest BCUT2D eigenvalue weighted by Gasteiger charge is 2.53. The van der Waals surface area contributed by atoms with Gasteiger partial charge in [-0.1, -0.05) is 6.07 Å². The number of halogens is 3. The first-order chi connectivity index (χ1) is 9.57. The fourth-order valence-electron chi connectivity index (χ4n) is 1.23. The van der Waals surface area contributed by atoms with Gasteiger partial charge < -0.3 is 15.8 Å². The van der Waals surface area contributed by atoms with Gasteiger partial charge in [0.25, 0.3) is 5.91 Å². The molecule has 0 aliphatic rings. The van der Waals surface area contributed by atoms with E-state index in [9.17, 15) is 22.8 Å². The number of benzene rings is 1. The Kier molecular flexibility index (Phi) is 4.79. The van der Waals surface area contributed by atoms with E-state index in [1.807, 2.05) is 5.32 Å². The summed E-state index contributed by atoms with van der Waals surface area (Å²) in [7, 11) is 1.16. The van der Waals surface area contributed by atoms with E-state index in [2.05, 4.69) is 10.1 Å². The summed E-state index contributed by atoms with van der Waals surface area (Å²) in [6.07, 6.45) is -5.64. The van der Waals surface area contributed by atoms with Gasteiger partial charge in [0, 0.05) is 11.4 Å². The molecule has 0 aromatic heterocycles. The summed E-state index contributed by atoms with van der Waals surface area (Å²) in [5.74, 6) is -1.41. The number of rotatable bonds is 3. The Labute approximate surface area is 118 Å². The first-order valence-electron chi connectivity index (χ1n) is 5.70. The molecule has 1 aromatic rings. The largest absolute Gasteiger partial charge is 0.453 e. The van der Waals surface area contributed by atoms with Gasteiger partial charge in [-0.05, 0) is 25.1 Å². The number of alkyl halides is 3. The average molecular weight is 305 g/mol. The summed E-state index contributed by atoms with van der Waals surface area (Å²) in [6.45, 7) is 0.568. The highest BCUT2D eigenvalue weighted by atomic mass is 19.4. The van der Waals surface area contributed by atoms with Crippen molar-refractivity contribution in [3.63, 3.8) is 0 Å². The number of carbonyl (C=O) groups excluding carboxylic acids is 2. The van der Waals surface area contributed by atoms with Crippen molar-refractivity contribution in [2.45, 2.75) is 18.6 Å². The number of nitrogens with two attached hydrogens (primary N) is 1. The quantitative estimate of drug-likeness (QED) is 0.797. The molecule has 2 amide bonds. The molecular weight excluding hydrogens is 291 g/mol. The SMILES string of the molecule is COC(=O)Nc1cccc(NC(=O)C(C)(N)C(F)(F)F)c1. The van der Waals surface area contributed by atoms with Crippen molar-refractivity contribution >= 4 is 23.4 Å². The second-order valence-electron chi connectivity index (χ2n) is 4.35. The lowest BCUT2D eigenvalue weighted by molar-refractivity contribution is -0.184. The molecule has 1 aromatic carbocycles. The molecule has 0 aliphatic heterocycles. The van der Waals surface area contributed by atoms with Crippen molar-refractivity contribution in [1.82, 2.24) is 0 Å². The van der Waals surface area contributed by atoms with Crippen molar-refractivity contribution < 1.29 is 27.5 Å². The van der Waals surface area contributed by atoms with Crippen LogP contribution < -0.4 is 16.4 Å². The third-order valence-electron chi connectivity index (χ3n) is 2.61. The van der Waals surface area contributed by atoms with Gasteiger partial charge in [0.05, 0.1) is 7.11 Å². The van der Waals surface area contributed by atoms with Gasteiger partial charge in [-0.2, -0.15) is 13.2 Å². The van der Waals surface area contributed by atoms with Gasteiger partial charge in [-0.3, -0.25) is 10.1 Å². The Balaban J connectivity index is 2.87. The molecule has 21 heavy (non-hydrogen) atoms. The van der Waals surface area contributed by atoms with Crippen LogP contribution in [0.2, 0.25) is 0 Å². The molecule has 0 saturated heterocycles. The number of hydrogen-bond donors (Lipinski definition) is 3. The molecule has 9 heteroatoms. The minimum absolute atomic E-state index is 0.0508. The summed E-state index contributed by atoms with van der Waals surface area (Å²) in [5.41, 5.74) is 2.26. The van der Waals surface area contributed by atoms with Crippen molar-refractivity contribution in [2.24, 2.45) is 5.73 Å². The summed E-state index contributed by atoms with van der Waals surface area (Å²) in [5, 5.41) is 4.35. The predicted octanol–water partition coefficient (Wildman–Crippen LogP) is 2.08. The predicted molar refractivity (Wildman–Crippen MR) is 69.7 cm³/mol. The second-order valence-corrected chi connectivity index (χ2v) is 4.35. The first kappa shape index (κ1) is 16.8. The van der Waals surface area contributed by atoms with E-state index < -0.39 is 23.7 Å². The van der Waals surface area contributed by atoms with Crippen LogP contribution in [0.15, 0.2) is 24.3 Å². The van der Waals surface area contributed by atoms with Crippen LogP contribution in [-0.4, -0.2) is 30.8 Å². The van der Waals surface area contributed by atoms with Crippen LogP contribution in [-0.2, 0) is 9.53 Å². The smallest absolute Gasteiger partial charge is 0.415 e. The maximum atomic E-state index is 12.6. The lowest BCUT2D eigenvalue weighted by Crippen LogP contribution is -2.59. The topological polar surface area (TPSA) is 93.5 Å². The highest BCUT2D eigenvalue weighted by Crippen LogP contribution is 2.29. The summed E-state index contributed by atoms with van der Waals surface area (Å²) >= 11 is 0. The van der Waals surface area contributed by atoms with E-state index in [1.54, 1.807) is 0 Å². The number of amides is 2. The van der Waals surface area contributed by atoms with Crippen LogP contribution in [0.3, 0.4) is 0 Å². The van der Waals surface area contributed by atoms with Crippen molar-refractivity contribution in [1.29, 1.82) is 0 Å². The maximum Gasteiger partial charge on any atom is 0.415 e. The third kappa shape index (κ3) is 4.09. The summed E-state index contributed by atoms with van der Waals surface area (Å²) in [6, 6.07) is 5.52. The Morgan fingerprint density at radius 1 is 1.19 bits per heavy atom. The molecule has 0 bridgehead atoms. The fourth-order valence-corrected chi connectivity index (χ4v) is 1.23. The second kappa shape index (κ2) is 6.00. The van der Waals surface area contributed by atoms with Crippen LogP contribution >= 0.6 is 0 Å². The molecule has 0 aliphatic carbocycles. The Morgan fingerprint density at radius 2 is 1.71 bits per heavy atom. The Morgan fingerprint density at radius 3 is 2.19 bits per heavy atom. The van der Waals surface area contributed by atoms with Gasteiger partial charge in [0.1, 0.15) is 0 Å². The van der Waals surface area contributed by atoms with E-state index >= 15 is 0 Å². The fraction of sp³-hybridized carbons (Fsp3) is 0.333. The van der Waals surface area contributed by atoms with Crippen molar-refractivity contribution in [3.05, 3.63) is 24.3 Å². The molecule has 1 atom stereocenters. The van der Waals surface area contributed by atoms with Crippen LogP contribution in [0.4, 0.5) is 29.3 Å². The van der Waals surface area contributed by atoms with E-state index in [-0.39, 0.29) is 11.4 Å². The summed E-state index contributed by atoms with van der Waals surface area (Å²) < 4.78 is 42.2.